The van der Waals surface area contributed by atoms with Gasteiger partial charge in [-0.25, -0.2) is 0 Å². The van der Waals surface area contributed by atoms with Crippen molar-refractivity contribution in [3.05, 3.63) is 48.2 Å². The largest absolute Gasteiger partial charge is 0.450 e. The summed E-state index contributed by atoms with van der Waals surface area (Å²) < 4.78 is 8.66. The summed E-state index contributed by atoms with van der Waals surface area (Å²) in [5, 5.41) is 3.87. The highest BCUT2D eigenvalue weighted by Crippen LogP contribution is 2.45. The van der Waals surface area contributed by atoms with Gasteiger partial charge in [0, 0.05) is 11.5 Å². The van der Waals surface area contributed by atoms with Crippen LogP contribution in [0.25, 0.3) is 22.0 Å². The molecule has 2 heterocycles. The van der Waals surface area contributed by atoms with Gasteiger partial charge in [-0.1, -0.05) is 43.9 Å². The number of nitrogens with zero attached hydrogens (tertiary/aromatic N) is 1. The molecule has 0 bridgehead atoms. The van der Waals surface area contributed by atoms with Gasteiger partial charge in [-0.3, -0.25) is 0 Å². The van der Waals surface area contributed by atoms with E-state index in [0.717, 1.165) is 11.5 Å². The van der Waals surface area contributed by atoms with E-state index in [-0.39, 0.29) is 0 Å². The predicted molar refractivity (Wildman–Crippen MR) is 98.4 cm³/mol. The highest BCUT2D eigenvalue weighted by atomic mass is 28.3. The van der Waals surface area contributed by atoms with Crippen LogP contribution in [-0.4, -0.2) is 8.07 Å². The van der Waals surface area contributed by atoms with Crippen LogP contribution in [0.4, 0.5) is 0 Å². The van der Waals surface area contributed by atoms with Crippen molar-refractivity contribution in [1.82, 2.24) is 0 Å². The molecule has 0 atom stereocenters. The first-order valence-electron chi connectivity index (χ1n) is 8.11. The Morgan fingerprint density at radius 1 is 1.00 bits per heavy atom. The minimum Gasteiger partial charge on any atom is -0.450 e. The zero-order chi connectivity index (χ0) is 16.4. The van der Waals surface area contributed by atoms with Crippen molar-refractivity contribution >= 4 is 24.0 Å². The van der Waals surface area contributed by atoms with Crippen LogP contribution in [0.5, 0.6) is 11.5 Å². The van der Waals surface area contributed by atoms with Crippen molar-refractivity contribution in [2.24, 2.45) is 7.05 Å². The molecule has 0 N–H and O–H groups in total. The van der Waals surface area contributed by atoms with Crippen LogP contribution in [0.2, 0.25) is 19.6 Å². The molecule has 3 aromatic rings. The Morgan fingerprint density at radius 3 is 2.52 bits per heavy atom. The quantitative estimate of drug-likeness (QED) is 0.377. The standard InChI is InChI=1S/C20H22NOSi/c1-13-9-10-14-7-6-8-15-18(14)17(13)19-20(22-15)16(23(3,4)5)11-12-21(19)2/h6-12H,1-5H3/q+1. The molecule has 0 fully saturated rings. The van der Waals surface area contributed by atoms with Crippen molar-refractivity contribution in [2.75, 3.05) is 0 Å². The molecule has 0 saturated carbocycles. The van der Waals surface area contributed by atoms with Gasteiger partial charge in [0.05, 0.1) is 13.6 Å². The number of aromatic nitrogens is 1. The lowest BCUT2D eigenvalue weighted by Crippen LogP contribution is -2.43. The maximum absolute atomic E-state index is 6.46. The average Bonchev–Trinajstić information content (AvgIpc) is 2.49. The molecule has 1 aliphatic rings. The Balaban J connectivity index is 2.19. The summed E-state index contributed by atoms with van der Waals surface area (Å²) in [6, 6.07) is 13.0. The van der Waals surface area contributed by atoms with E-state index >= 15 is 0 Å². The van der Waals surface area contributed by atoms with Gasteiger partial charge in [-0.15, -0.1) is 0 Å². The van der Waals surface area contributed by atoms with E-state index in [4.69, 9.17) is 4.74 Å². The van der Waals surface area contributed by atoms with Crippen molar-refractivity contribution < 1.29 is 9.30 Å². The summed E-state index contributed by atoms with van der Waals surface area (Å²) in [4.78, 5) is 0. The third kappa shape index (κ3) is 2.03. The number of aryl methyl sites for hydroxylation is 2. The molecule has 23 heavy (non-hydrogen) atoms. The molecule has 2 nitrogen and oxygen atoms in total. The maximum atomic E-state index is 6.46. The number of rotatable bonds is 1. The van der Waals surface area contributed by atoms with Crippen LogP contribution in [0.1, 0.15) is 5.56 Å². The SMILES string of the molecule is Cc1ccc2cccc3c2c1-c1c(c([Si](C)(C)C)cc[n+]1C)O3. The van der Waals surface area contributed by atoms with Crippen LogP contribution in [-0.2, 0) is 7.05 Å². The Hall–Kier alpha value is -2.13. The summed E-state index contributed by atoms with van der Waals surface area (Å²) in [6.45, 7) is 9.32. The van der Waals surface area contributed by atoms with Gasteiger partial charge in [0.15, 0.2) is 11.9 Å². The zero-order valence-electron chi connectivity index (χ0n) is 14.4. The van der Waals surface area contributed by atoms with Gasteiger partial charge in [0.1, 0.15) is 12.8 Å². The van der Waals surface area contributed by atoms with Gasteiger partial charge in [0.25, 0.3) is 5.69 Å². The van der Waals surface area contributed by atoms with Crippen LogP contribution < -0.4 is 14.5 Å². The third-order valence-electron chi connectivity index (χ3n) is 4.75. The molecule has 0 amide bonds. The number of benzene rings is 2. The van der Waals surface area contributed by atoms with Crippen molar-refractivity contribution in [3.63, 3.8) is 0 Å². The highest BCUT2D eigenvalue weighted by molar-refractivity contribution is 6.89. The zero-order valence-corrected chi connectivity index (χ0v) is 15.4. The fraction of sp³-hybridized carbons (Fsp3) is 0.250. The second kappa shape index (κ2) is 4.68. The number of pyridine rings is 1. The molecule has 0 radical (unpaired) electrons. The first kappa shape index (κ1) is 14.5. The van der Waals surface area contributed by atoms with Gasteiger partial charge in [0.2, 0.25) is 0 Å². The molecule has 116 valence electrons. The normalized spacial score (nSPS) is 12.9. The Morgan fingerprint density at radius 2 is 1.78 bits per heavy atom. The molecule has 0 spiro atoms. The van der Waals surface area contributed by atoms with E-state index < -0.39 is 8.07 Å². The van der Waals surface area contributed by atoms with Crippen LogP contribution in [0, 0.1) is 6.92 Å². The van der Waals surface area contributed by atoms with E-state index in [1.807, 2.05) is 0 Å². The summed E-state index contributed by atoms with van der Waals surface area (Å²) in [5.74, 6) is 2.04. The number of ether oxygens (including phenoxy) is 1. The average molecular weight is 320 g/mol. The molecule has 0 saturated heterocycles. The Kier molecular flexibility index (Phi) is 2.94. The fourth-order valence-corrected chi connectivity index (χ4v) is 4.98. The van der Waals surface area contributed by atoms with E-state index in [0.29, 0.717) is 0 Å². The van der Waals surface area contributed by atoms with Crippen molar-refractivity contribution in [1.29, 1.82) is 0 Å². The van der Waals surface area contributed by atoms with Crippen LogP contribution in [0.15, 0.2) is 42.6 Å². The van der Waals surface area contributed by atoms with Crippen molar-refractivity contribution in [3.8, 4) is 22.8 Å². The predicted octanol–water partition coefficient (Wildman–Crippen LogP) is 4.29. The second-order valence-electron chi connectivity index (χ2n) is 7.48. The lowest BCUT2D eigenvalue weighted by atomic mass is 9.94. The highest BCUT2D eigenvalue weighted by Gasteiger charge is 2.34. The molecule has 3 heteroatoms. The first-order chi connectivity index (χ1) is 10.9. The lowest BCUT2D eigenvalue weighted by molar-refractivity contribution is -0.660. The van der Waals surface area contributed by atoms with E-state index in [1.54, 1.807) is 0 Å². The molecule has 1 aromatic heterocycles. The Labute approximate surface area is 138 Å². The molecule has 1 aliphatic heterocycles. The van der Waals surface area contributed by atoms with Gasteiger partial charge >= 0.3 is 0 Å². The maximum Gasteiger partial charge on any atom is 0.256 e. The summed E-state index contributed by atoms with van der Waals surface area (Å²) in [5.41, 5.74) is 3.84. The second-order valence-corrected chi connectivity index (χ2v) is 12.5. The minimum atomic E-state index is -1.50. The minimum absolute atomic E-state index is 0.986. The van der Waals surface area contributed by atoms with Gasteiger partial charge in [-0.05, 0) is 29.1 Å². The van der Waals surface area contributed by atoms with Gasteiger partial charge in [-0.2, -0.15) is 4.57 Å². The smallest absolute Gasteiger partial charge is 0.256 e. The molecule has 0 unspecified atom stereocenters. The van der Waals surface area contributed by atoms with Gasteiger partial charge < -0.3 is 4.74 Å². The molecular formula is C20H22NOSi+. The summed E-state index contributed by atoms with van der Waals surface area (Å²) in [6.07, 6.45) is 2.18. The number of hydrogen-bond donors (Lipinski definition) is 0. The molecular weight excluding hydrogens is 298 g/mol. The molecule has 2 aromatic carbocycles. The summed E-state index contributed by atoms with van der Waals surface area (Å²) >= 11 is 0. The van der Waals surface area contributed by atoms with Crippen LogP contribution >= 0.6 is 0 Å². The third-order valence-corrected chi connectivity index (χ3v) is 6.76. The fourth-order valence-electron chi connectivity index (χ4n) is 3.56. The topological polar surface area (TPSA) is 13.1 Å². The van der Waals surface area contributed by atoms with Crippen molar-refractivity contribution in [2.45, 2.75) is 26.6 Å². The monoisotopic (exact) mass is 320 g/mol. The van der Waals surface area contributed by atoms with Crippen LogP contribution in [0.3, 0.4) is 0 Å². The van der Waals surface area contributed by atoms with E-state index in [1.165, 1.54) is 32.8 Å². The van der Waals surface area contributed by atoms with E-state index in [9.17, 15) is 0 Å². The summed E-state index contributed by atoms with van der Waals surface area (Å²) in [7, 11) is 0.618. The first-order valence-corrected chi connectivity index (χ1v) is 11.6. The lowest BCUT2D eigenvalue weighted by Gasteiger charge is -2.26. The Bertz CT molecular complexity index is 954. The molecule has 0 aliphatic carbocycles. The van der Waals surface area contributed by atoms with E-state index in [2.05, 4.69) is 80.8 Å². The number of fused-ring (bicyclic) bond motifs is 2. The number of hydrogen-bond acceptors (Lipinski definition) is 1. The molecule has 4 rings (SSSR count).